The van der Waals surface area contributed by atoms with Crippen LogP contribution in [-0.2, 0) is 0 Å². The predicted octanol–water partition coefficient (Wildman–Crippen LogP) is 4.50. The zero-order valence-corrected chi connectivity index (χ0v) is 11.0. The molecule has 2 nitrogen and oxygen atoms in total. The minimum Gasteiger partial charge on any atom is -0.265 e. The third-order valence-corrected chi connectivity index (χ3v) is 4.52. The molecule has 0 unspecified atom stereocenters. The summed E-state index contributed by atoms with van der Waals surface area (Å²) < 4.78 is 2.18. The van der Waals surface area contributed by atoms with Crippen molar-refractivity contribution in [3.05, 3.63) is 47.7 Å². The highest BCUT2D eigenvalue weighted by Crippen LogP contribution is 2.34. The van der Waals surface area contributed by atoms with Gasteiger partial charge in [0.2, 0.25) is 0 Å². The van der Waals surface area contributed by atoms with E-state index in [2.05, 4.69) is 9.97 Å². The van der Waals surface area contributed by atoms with Crippen molar-refractivity contribution in [3.63, 3.8) is 0 Å². The smallest absolute Gasteiger partial charge is 0.155 e. The van der Waals surface area contributed by atoms with Gasteiger partial charge in [-0.25, -0.2) is 4.98 Å². The first-order valence-electron chi connectivity index (χ1n) is 4.95. The van der Waals surface area contributed by atoms with Gasteiger partial charge in [-0.1, -0.05) is 23.4 Å². The van der Waals surface area contributed by atoms with Crippen LogP contribution in [0.5, 0.6) is 0 Å². The molecule has 3 rings (SSSR count). The van der Waals surface area contributed by atoms with Crippen molar-refractivity contribution in [2.24, 2.45) is 0 Å². The lowest BCUT2D eigenvalue weighted by molar-refractivity contribution is 1.25. The largest absolute Gasteiger partial charge is 0.265 e. The Labute approximate surface area is 112 Å². The normalized spacial score (nSPS) is 10.9. The average Bonchev–Trinajstić information content (AvgIpc) is 2.71. The molecule has 5 heteroatoms. The molecule has 3 aromatic rings. The molecule has 0 spiro atoms. The van der Waals surface area contributed by atoms with Gasteiger partial charge >= 0.3 is 0 Å². The summed E-state index contributed by atoms with van der Waals surface area (Å²) in [5.41, 5.74) is 0.957. The topological polar surface area (TPSA) is 25.8 Å². The fourth-order valence-corrected chi connectivity index (χ4v) is 3.60. The minimum atomic E-state index is 0.725. The van der Waals surface area contributed by atoms with Crippen LogP contribution in [0.3, 0.4) is 0 Å². The van der Waals surface area contributed by atoms with Crippen LogP contribution in [0.4, 0.5) is 0 Å². The van der Waals surface area contributed by atoms with E-state index in [1.165, 1.54) is 0 Å². The second-order valence-corrected chi connectivity index (χ2v) is 6.16. The third-order valence-electron chi connectivity index (χ3n) is 2.18. The van der Waals surface area contributed by atoms with Gasteiger partial charge in [-0.3, -0.25) is 4.98 Å². The number of pyridine rings is 1. The van der Waals surface area contributed by atoms with E-state index in [1.54, 1.807) is 35.5 Å². The van der Waals surface area contributed by atoms with E-state index in [1.807, 2.05) is 30.3 Å². The molecule has 0 atom stereocenters. The van der Waals surface area contributed by atoms with Crippen LogP contribution in [0, 0.1) is 0 Å². The zero-order valence-electron chi connectivity index (χ0n) is 8.63. The number of halogens is 1. The first kappa shape index (κ1) is 11.0. The molecule has 0 saturated heterocycles. The van der Waals surface area contributed by atoms with Crippen LogP contribution < -0.4 is 0 Å². The molecule has 0 bridgehead atoms. The van der Waals surface area contributed by atoms with Crippen LogP contribution in [0.15, 0.2) is 52.0 Å². The molecule has 0 radical (unpaired) electrons. The maximum atomic E-state index is 5.94. The first-order valence-corrected chi connectivity index (χ1v) is 6.96. The number of thiazole rings is 1. The predicted molar refractivity (Wildman–Crippen MR) is 73.0 cm³/mol. The molecule has 17 heavy (non-hydrogen) atoms. The Balaban J connectivity index is 1.96. The number of hydrogen-bond acceptors (Lipinski definition) is 4. The summed E-state index contributed by atoms with van der Waals surface area (Å²) in [7, 11) is 0. The van der Waals surface area contributed by atoms with Gasteiger partial charge in [-0.2, -0.15) is 0 Å². The van der Waals surface area contributed by atoms with Crippen LogP contribution in [0.25, 0.3) is 10.2 Å². The molecule has 0 N–H and O–H groups in total. The van der Waals surface area contributed by atoms with E-state index in [9.17, 15) is 0 Å². The molecule has 1 aromatic carbocycles. The van der Waals surface area contributed by atoms with Gasteiger partial charge in [0.1, 0.15) is 0 Å². The Morgan fingerprint density at radius 2 is 1.94 bits per heavy atom. The van der Waals surface area contributed by atoms with Crippen LogP contribution in [-0.4, -0.2) is 9.97 Å². The van der Waals surface area contributed by atoms with Crippen molar-refractivity contribution in [2.75, 3.05) is 0 Å². The van der Waals surface area contributed by atoms with Gasteiger partial charge in [0.15, 0.2) is 4.34 Å². The van der Waals surface area contributed by atoms with Gasteiger partial charge in [-0.05, 0) is 30.3 Å². The van der Waals surface area contributed by atoms with Crippen LogP contribution >= 0.6 is 34.7 Å². The summed E-state index contributed by atoms with van der Waals surface area (Å²) in [5, 5.41) is 0.725. The molecule has 0 aliphatic rings. The van der Waals surface area contributed by atoms with E-state index < -0.39 is 0 Å². The van der Waals surface area contributed by atoms with E-state index in [4.69, 9.17) is 11.6 Å². The Hall–Kier alpha value is -1.10. The first-order chi connectivity index (χ1) is 8.31. The molecular weight excluding hydrogens is 272 g/mol. The third kappa shape index (κ3) is 2.44. The van der Waals surface area contributed by atoms with Crippen molar-refractivity contribution in [1.82, 2.24) is 9.97 Å². The quantitative estimate of drug-likeness (QED) is 0.690. The van der Waals surface area contributed by atoms with Gasteiger partial charge in [0.25, 0.3) is 0 Å². The van der Waals surface area contributed by atoms with Gasteiger partial charge in [0, 0.05) is 22.3 Å². The minimum absolute atomic E-state index is 0.725. The molecule has 2 heterocycles. The SMILES string of the molecule is Clc1ccc2sc(Sc3ccncc3)nc2c1. The number of nitrogens with zero attached hydrogens (tertiary/aromatic N) is 2. The summed E-state index contributed by atoms with van der Waals surface area (Å²) in [4.78, 5) is 9.68. The number of fused-ring (bicyclic) bond motifs is 1. The lowest BCUT2D eigenvalue weighted by atomic mass is 10.3. The molecule has 0 saturated carbocycles. The maximum absolute atomic E-state index is 5.94. The standard InChI is InChI=1S/C12H7ClN2S2/c13-8-1-2-11-10(7-8)15-12(17-11)16-9-3-5-14-6-4-9/h1-7H. The second-order valence-electron chi connectivity index (χ2n) is 3.38. The van der Waals surface area contributed by atoms with E-state index >= 15 is 0 Å². The summed E-state index contributed by atoms with van der Waals surface area (Å²) in [5.74, 6) is 0. The number of benzene rings is 1. The van der Waals surface area contributed by atoms with E-state index in [0.717, 1.165) is 24.5 Å². The summed E-state index contributed by atoms with van der Waals surface area (Å²) in [6.45, 7) is 0. The average molecular weight is 279 g/mol. The fraction of sp³-hybridized carbons (Fsp3) is 0. The molecule has 0 aliphatic heterocycles. The summed E-state index contributed by atoms with van der Waals surface area (Å²) >= 11 is 9.25. The molecule has 2 aromatic heterocycles. The Bertz CT molecular complexity index is 652. The Morgan fingerprint density at radius 1 is 1.12 bits per heavy atom. The molecule has 0 aliphatic carbocycles. The van der Waals surface area contributed by atoms with Crippen molar-refractivity contribution in [3.8, 4) is 0 Å². The van der Waals surface area contributed by atoms with Crippen LogP contribution in [0.2, 0.25) is 5.02 Å². The van der Waals surface area contributed by atoms with Gasteiger partial charge < -0.3 is 0 Å². The highest BCUT2D eigenvalue weighted by atomic mass is 35.5. The lowest BCUT2D eigenvalue weighted by Gasteiger charge is -1.94. The molecular formula is C12H7ClN2S2. The zero-order chi connectivity index (χ0) is 11.7. The molecule has 0 amide bonds. The van der Waals surface area contributed by atoms with Crippen molar-refractivity contribution in [1.29, 1.82) is 0 Å². The second kappa shape index (κ2) is 4.64. The van der Waals surface area contributed by atoms with E-state index in [-0.39, 0.29) is 0 Å². The fourth-order valence-electron chi connectivity index (χ4n) is 1.43. The van der Waals surface area contributed by atoms with Crippen LogP contribution in [0.1, 0.15) is 0 Å². The van der Waals surface area contributed by atoms with Crippen molar-refractivity contribution >= 4 is 44.9 Å². The summed E-state index contributed by atoms with van der Waals surface area (Å²) in [6, 6.07) is 9.74. The monoisotopic (exact) mass is 278 g/mol. The highest BCUT2D eigenvalue weighted by Gasteiger charge is 2.05. The number of hydrogen-bond donors (Lipinski definition) is 0. The number of rotatable bonds is 2. The number of aromatic nitrogens is 2. The molecule has 84 valence electrons. The van der Waals surface area contributed by atoms with Crippen molar-refractivity contribution < 1.29 is 0 Å². The van der Waals surface area contributed by atoms with Crippen molar-refractivity contribution in [2.45, 2.75) is 9.24 Å². The lowest BCUT2D eigenvalue weighted by Crippen LogP contribution is -1.73. The Morgan fingerprint density at radius 3 is 2.76 bits per heavy atom. The molecule has 0 fully saturated rings. The van der Waals surface area contributed by atoms with Gasteiger partial charge in [-0.15, -0.1) is 11.3 Å². The van der Waals surface area contributed by atoms with Gasteiger partial charge in [0.05, 0.1) is 10.2 Å². The maximum Gasteiger partial charge on any atom is 0.155 e. The summed E-state index contributed by atoms with van der Waals surface area (Å²) in [6.07, 6.45) is 3.57. The van der Waals surface area contributed by atoms with E-state index in [0.29, 0.717) is 0 Å². The Kier molecular flexibility index (Phi) is 3.01. The highest BCUT2D eigenvalue weighted by molar-refractivity contribution is 8.01.